The Labute approximate surface area is 110 Å². The number of amides is 1. The minimum Gasteiger partial charge on any atom is -0.480 e. The lowest BCUT2D eigenvalue weighted by Gasteiger charge is -2.17. The number of rotatable bonds is 4. The zero-order valence-electron chi connectivity index (χ0n) is 10.7. The second kappa shape index (κ2) is 5.09. The van der Waals surface area contributed by atoms with Gasteiger partial charge in [0.2, 0.25) is 0 Å². The Balaban J connectivity index is 2.27. The lowest BCUT2D eigenvalue weighted by atomic mass is 10.0. The number of carboxylic acids is 1. The molecule has 0 saturated heterocycles. The number of carboxylic acid groups (broad SMARTS) is 1. The molecule has 19 heavy (non-hydrogen) atoms. The predicted molar refractivity (Wildman–Crippen MR) is 68.9 cm³/mol. The van der Waals surface area contributed by atoms with E-state index in [4.69, 9.17) is 5.11 Å². The van der Waals surface area contributed by atoms with Crippen molar-refractivity contribution in [2.75, 3.05) is 0 Å². The van der Waals surface area contributed by atoms with Crippen LogP contribution in [0.25, 0.3) is 5.52 Å². The Kier molecular flexibility index (Phi) is 3.50. The smallest absolute Gasteiger partial charge is 0.326 e. The first-order valence-electron chi connectivity index (χ1n) is 5.96. The van der Waals surface area contributed by atoms with Crippen LogP contribution < -0.4 is 5.32 Å². The van der Waals surface area contributed by atoms with Gasteiger partial charge in [0.1, 0.15) is 6.04 Å². The largest absolute Gasteiger partial charge is 0.480 e. The molecule has 0 aliphatic carbocycles. The third-order valence-electron chi connectivity index (χ3n) is 2.89. The Morgan fingerprint density at radius 1 is 1.37 bits per heavy atom. The number of carbonyl (C=O) groups excluding carboxylic acids is 1. The van der Waals surface area contributed by atoms with Crippen molar-refractivity contribution in [1.82, 2.24) is 14.9 Å². The first kappa shape index (κ1) is 13.1. The molecule has 0 aromatic carbocycles. The minimum absolute atomic E-state index is 0.191. The second-order valence-corrected chi connectivity index (χ2v) is 4.62. The van der Waals surface area contributed by atoms with Crippen molar-refractivity contribution in [3.05, 3.63) is 36.2 Å². The summed E-state index contributed by atoms with van der Waals surface area (Å²) >= 11 is 0. The monoisotopic (exact) mass is 261 g/mol. The number of hydrogen-bond acceptors (Lipinski definition) is 3. The quantitative estimate of drug-likeness (QED) is 0.865. The van der Waals surface area contributed by atoms with Crippen molar-refractivity contribution in [3.8, 4) is 0 Å². The van der Waals surface area contributed by atoms with Crippen molar-refractivity contribution in [1.29, 1.82) is 0 Å². The van der Waals surface area contributed by atoms with Gasteiger partial charge in [-0.1, -0.05) is 19.9 Å². The summed E-state index contributed by atoms with van der Waals surface area (Å²) in [6.45, 7) is 3.49. The summed E-state index contributed by atoms with van der Waals surface area (Å²) in [7, 11) is 0. The fraction of sp³-hybridized carbons (Fsp3) is 0.308. The highest BCUT2D eigenvalue weighted by atomic mass is 16.4. The van der Waals surface area contributed by atoms with Gasteiger partial charge in [-0.3, -0.25) is 4.79 Å². The zero-order chi connectivity index (χ0) is 14.0. The van der Waals surface area contributed by atoms with Crippen LogP contribution >= 0.6 is 0 Å². The van der Waals surface area contributed by atoms with Gasteiger partial charge in [-0.2, -0.15) is 5.10 Å². The topological polar surface area (TPSA) is 83.7 Å². The lowest BCUT2D eigenvalue weighted by Crippen LogP contribution is -2.44. The van der Waals surface area contributed by atoms with Crippen molar-refractivity contribution in [3.63, 3.8) is 0 Å². The van der Waals surface area contributed by atoms with Crippen LogP contribution in [0.5, 0.6) is 0 Å². The molecule has 0 aliphatic rings. The maximum atomic E-state index is 12.1. The Bertz CT molecular complexity index is 618. The van der Waals surface area contributed by atoms with Crippen molar-refractivity contribution in [2.45, 2.75) is 19.9 Å². The van der Waals surface area contributed by atoms with Gasteiger partial charge in [0, 0.05) is 6.20 Å². The van der Waals surface area contributed by atoms with E-state index in [9.17, 15) is 9.59 Å². The van der Waals surface area contributed by atoms with Gasteiger partial charge >= 0.3 is 5.97 Å². The van der Waals surface area contributed by atoms with Gasteiger partial charge in [0.25, 0.3) is 5.91 Å². The van der Waals surface area contributed by atoms with E-state index in [-0.39, 0.29) is 5.92 Å². The molecule has 0 spiro atoms. The van der Waals surface area contributed by atoms with Gasteiger partial charge < -0.3 is 10.4 Å². The molecule has 2 heterocycles. The first-order valence-corrected chi connectivity index (χ1v) is 5.96. The number of pyridine rings is 1. The van der Waals surface area contributed by atoms with E-state index in [2.05, 4.69) is 10.4 Å². The van der Waals surface area contributed by atoms with Crippen LogP contribution in [-0.4, -0.2) is 32.6 Å². The molecule has 6 heteroatoms. The number of nitrogens with zero attached hydrogens (tertiary/aromatic N) is 2. The Hall–Kier alpha value is -2.37. The Morgan fingerprint density at radius 2 is 2.11 bits per heavy atom. The van der Waals surface area contributed by atoms with Crippen LogP contribution in [0.3, 0.4) is 0 Å². The van der Waals surface area contributed by atoms with E-state index in [0.717, 1.165) is 0 Å². The number of aliphatic carboxylic acids is 1. The highest BCUT2D eigenvalue weighted by Crippen LogP contribution is 2.11. The Morgan fingerprint density at radius 3 is 2.74 bits per heavy atom. The summed E-state index contributed by atoms with van der Waals surface area (Å²) in [5.41, 5.74) is 1.01. The third-order valence-corrected chi connectivity index (χ3v) is 2.89. The van der Waals surface area contributed by atoms with Crippen LogP contribution in [0.15, 0.2) is 30.6 Å². The van der Waals surface area contributed by atoms with E-state index in [1.54, 1.807) is 42.8 Å². The fourth-order valence-electron chi connectivity index (χ4n) is 1.84. The summed E-state index contributed by atoms with van der Waals surface area (Å²) in [6, 6.07) is 4.44. The van der Waals surface area contributed by atoms with Gasteiger partial charge in [-0.25, -0.2) is 9.31 Å². The van der Waals surface area contributed by atoms with Gasteiger partial charge in [-0.05, 0) is 18.1 Å². The molecule has 2 aromatic heterocycles. The standard InChI is InChI=1S/C13H15N3O3/c1-8(2)11(13(18)19)15-12(17)9-7-14-16-6-4-3-5-10(9)16/h3-8,11H,1-2H3,(H,15,17)(H,18,19)/t11-/m0/s1. The third kappa shape index (κ3) is 2.57. The van der Waals surface area contributed by atoms with E-state index < -0.39 is 17.9 Å². The molecule has 0 aliphatic heterocycles. The first-order chi connectivity index (χ1) is 9.00. The van der Waals surface area contributed by atoms with Crippen LogP contribution in [0.1, 0.15) is 24.2 Å². The number of aromatic nitrogens is 2. The molecule has 2 N–H and O–H groups in total. The summed E-state index contributed by atoms with van der Waals surface area (Å²) in [6.07, 6.45) is 3.16. The molecule has 6 nitrogen and oxygen atoms in total. The summed E-state index contributed by atoms with van der Waals surface area (Å²) in [5, 5.41) is 15.6. The van der Waals surface area contributed by atoms with Crippen LogP contribution in [-0.2, 0) is 4.79 Å². The molecule has 0 radical (unpaired) electrons. The van der Waals surface area contributed by atoms with Crippen molar-refractivity contribution >= 4 is 17.4 Å². The molecule has 1 amide bonds. The van der Waals surface area contributed by atoms with Crippen LogP contribution in [0, 0.1) is 5.92 Å². The SMILES string of the molecule is CC(C)[C@H](NC(=O)c1cnn2ccccc12)C(=O)O. The lowest BCUT2D eigenvalue weighted by molar-refractivity contribution is -0.140. The second-order valence-electron chi connectivity index (χ2n) is 4.62. The normalized spacial score (nSPS) is 12.6. The maximum absolute atomic E-state index is 12.1. The van der Waals surface area contributed by atoms with Crippen LogP contribution in [0.4, 0.5) is 0 Å². The van der Waals surface area contributed by atoms with E-state index in [0.29, 0.717) is 11.1 Å². The van der Waals surface area contributed by atoms with E-state index in [1.165, 1.54) is 6.20 Å². The minimum atomic E-state index is -1.04. The molecular weight excluding hydrogens is 246 g/mol. The molecule has 2 rings (SSSR count). The zero-order valence-corrected chi connectivity index (χ0v) is 10.7. The fourth-order valence-corrected chi connectivity index (χ4v) is 1.84. The van der Waals surface area contributed by atoms with Gasteiger partial charge in [0.05, 0.1) is 17.3 Å². The molecule has 0 saturated carbocycles. The van der Waals surface area contributed by atoms with E-state index >= 15 is 0 Å². The maximum Gasteiger partial charge on any atom is 0.326 e. The van der Waals surface area contributed by atoms with Gasteiger partial charge in [-0.15, -0.1) is 0 Å². The molecule has 0 unspecified atom stereocenters. The van der Waals surface area contributed by atoms with Gasteiger partial charge in [0.15, 0.2) is 0 Å². The molecule has 2 aromatic rings. The molecule has 0 bridgehead atoms. The average Bonchev–Trinajstić information content (AvgIpc) is 2.78. The number of fused-ring (bicyclic) bond motifs is 1. The highest BCUT2D eigenvalue weighted by molar-refractivity contribution is 6.02. The number of hydrogen-bond donors (Lipinski definition) is 2. The molecular formula is C13H15N3O3. The van der Waals surface area contributed by atoms with Crippen molar-refractivity contribution in [2.24, 2.45) is 5.92 Å². The average molecular weight is 261 g/mol. The molecule has 100 valence electrons. The molecule has 0 fully saturated rings. The van der Waals surface area contributed by atoms with Crippen LogP contribution in [0.2, 0.25) is 0 Å². The summed E-state index contributed by atoms with van der Waals surface area (Å²) in [5.74, 6) is -1.66. The van der Waals surface area contributed by atoms with Crippen molar-refractivity contribution < 1.29 is 14.7 Å². The summed E-state index contributed by atoms with van der Waals surface area (Å²) in [4.78, 5) is 23.2. The molecule has 1 atom stereocenters. The highest BCUT2D eigenvalue weighted by Gasteiger charge is 2.25. The number of carbonyl (C=O) groups is 2. The summed E-state index contributed by atoms with van der Waals surface area (Å²) < 4.78 is 1.57. The van der Waals surface area contributed by atoms with E-state index in [1.807, 2.05) is 0 Å². The predicted octanol–water partition coefficient (Wildman–Crippen LogP) is 1.17. The number of nitrogens with one attached hydrogen (secondary N) is 1.